The standard InChI is InChI=1S/C16H26N2O/c1-11-10-17-2-3-18(11)15(19)16-7-12-4-13(8-16)6-14(5-12)9-16/h11-14,17H,2-10H2,1H3. The molecule has 4 saturated carbocycles. The summed E-state index contributed by atoms with van der Waals surface area (Å²) < 4.78 is 0. The van der Waals surface area contributed by atoms with Crippen molar-refractivity contribution in [3.8, 4) is 0 Å². The monoisotopic (exact) mass is 262 g/mol. The number of carbonyl (C=O) groups excluding carboxylic acids is 1. The zero-order valence-corrected chi connectivity index (χ0v) is 12.0. The van der Waals surface area contributed by atoms with E-state index in [4.69, 9.17) is 0 Å². The first-order chi connectivity index (χ1) is 9.16. The van der Waals surface area contributed by atoms with E-state index in [0.717, 1.165) is 37.4 Å². The molecule has 5 aliphatic rings. The molecule has 5 rings (SSSR count). The smallest absolute Gasteiger partial charge is 0.229 e. The van der Waals surface area contributed by atoms with Gasteiger partial charge in [-0.05, 0) is 63.2 Å². The highest BCUT2D eigenvalue weighted by molar-refractivity contribution is 5.83. The van der Waals surface area contributed by atoms with Crippen molar-refractivity contribution >= 4 is 5.91 Å². The summed E-state index contributed by atoms with van der Waals surface area (Å²) in [6.45, 7) is 5.06. The Morgan fingerprint density at radius 1 is 1.11 bits per heavy atom. The summed E-state index contributed by atoms with van der Waals surface area (Å²) >= 11 is 0. The maximum Gasteiger partial charge on any atom is 0.229 e. The maximum absolute atomic E-state index is 13.2. The van der Waals surface area contributed by atoms with Crippen LogP contribution in [0.25, 0.3) is 0 Å². The zero-order chi connectivity index (χ0) is 13.0. The Balaban J connectivity index is 1.59. The second-order valence-electron chi connectivity index (χ2n) is 7.75. The Hall–Kier alpha value is -0.570. The lowest BCUT2D eigenvalue weighted by atomic mass is 9.49. The Morgan fingerprint density at radius 2 is 1.68 bits per heavy atom. The lowest BCUT2D eigenvalue weighted by Crippen LogP contribution is -2.60. The first-order valence-electron chi connectivity index (χ1n) is 8.18. The third-order valence-electron chi connectivity index (χ3n) is 6.25. The van der Waals surface area contributed by atoms with Crippen LogP contribution in [0.15, 0.2) is 0 Å². The summed E-state index contributed by atoms with van der Waals surface area (Å²) in [6, 6.07) is 0.384. The molecule has 5 fully saturated rings. The number of rotatable bonds is 1. The number of hydrogen-bond acceptors (Lipinski definition) is 2. The molecule has 1 unspecified atom stereocenters. The van der Waals surface area contributed by atoms with Crippen LogP contribution in [-0.2, 0) is 4.79 Å². The molecule has 1 saturated heterocycles. The second-order valence-corrected chi connectivity index (χ2v) is 7.75. The van der Waals surface area contributed by atoms with Crippen molar-refractivity contribution in [2.45, 2.75) is 51.5 Å². The predicted molar refractivity (Wildman–Crippen MR) is 74.6 cm³/mol. The first-order valence-corrected chi connectivity index (χ1v) is 8.18. The summed E-state index contributed by atoms with van der Waals surface area (Å²) in [5.41, 5.74) is 0.0559. The van der Waals surface area contributed by atoms with Gasteiger partial charge < -0.3 is 10.2 Å². The molecule has 1 aliphatic heterocycles. The minimum absolute atomic E-state index is 0.0559. The van der Waals surface area contributed by atoms with Gasteiger partial charge in [-0.15, -0.1) is 0 Å². The average Bonchev–Trinajstić information content (AvgIpc) is 2.37. The number of carbonyl (C=O) groups is 1. The van der Waals surface area contributed by atoms with E-state index in [9.17, 15) is 4.79 Å². The largest absolute Gasteiger partial charge is 0.337 e. The average molecular weight is 262 g/mol. The molecule has 0 aromatic heterocycles. The molecule has 0 radical (unpaired) electrons. The molecule has 4 aliphatic carbocycles. The van der Waals surface area contributed by atoms with E-state index in [1.54, 1.807) is 0 Å². The van der Waals surface area contributed by atoms with E-state index in [2.05, 4.69) is 17.1 Å². The highest BCUT2D eigenvalue weighted by Crippen LogP contribution is 2.60. The topological polar surface area (TPSA) is 32.3 Å². The number of nitrogens with zero attached hydrogens (tertiary/aromatic N) is 1. The van der Waals surface area contributed by atoms with E-state index in [1.807, 2.05) is 0 Å². The molecule has 1 atom stereocenters. The van der Waals surface area contributed by atoms with Crippen molar-refractivity contribution in [2.24, 2.45) is 23.2 Å². The van der Waals surface area contributed by atoms with E-state index in [0.29, 0.717) is 11.9 Å². The third-order valence-corrected chi connectivity index (χ3v) is 6.25. The van der Waals surface area contributed by atoms with Gasteiger partial charge in [0.15, 0.2) is 0 Å². The molecule has 0 spiro atoms. The molecular weight excluding hydrogens is 236 g/mol. The normalized spacial score (nSPS) is 48.6. The lowest BCUT2D eigenvalue weighted by molar-refractivity contribution is -0.160. The summed E-state index contributed by atoms with van der Waals surface area (Å²) in [4.78, 5) is 15.4. The molecule has 1 amide bonds. The van der Waals surface area contributed by atoms with Crippen LogP contribution in [0.4, 0.5) is 0 Å². The fourth-order valence-electron chi connectivity index (χ4n) is 5.82. The highest BCUT2D eigenvalue weighted by atomic mass is 16.2. The number of nitrogens with one attached hydrogen (secondary N) is 1. The van der Waals surface area contributed by atoms with Crippen molar-refractivity contribution in [2.75, 3.05) is 19.6 Å². The van der Waals surface area contributed by atoms with Gasteiger partial charge in [0, 0.05) is 25.7 Å². The third kappa shape index (κ3) is 1.84. The van der Waals surface area contributed by atoms with Crippen LogP contribution in [0.1, 0.15) is 45.4 Å². The van der Waals surface area contributed by atoms with Crippen molar-refractivity contribution in [3.63, 3.8) is 0 Å². The predicted octanol–water partition coefficient (Wildman–Crippen LogP) is 2.02. The zero-order valence-electron chi connectivity index (χ0n) is 12.0. The molecule has 0 aromatic rings. The highest BCUT2D eigenvalue weighted by Gasteiger charge is 2.55. The van der Waals surface area contributed by atoms with E-state index < -0.39 is 0 Å². The molecule has 19 heavy (non-hydrogen) atoms. The lowest BCUT2D eigenvalue weighted by Gasteiger charge is -2.57. The maximum atomic E-state index is 13.2. The van der Waals surface area contributed by atoms with E-state index >= 15 is 0 Å². The SMILES string of the molecule is CC1CNCCN1C(=O)C12CC3CC(CC(C3)C1)C2. The number of amides is 1. The summed E-state index contributed by atoms with van der Waals surface area (Å²) in [6.07, 6.45) is 7.87. The molecular formula is C16H26N2O. The van der Waals surface area contributed by atoms with Crippen LogP contribution in [-0.4, -0.2) is 36.5 Å². The van der Waals surface area contributed by atoms with Crippen molar-refractivity contribution in [1.82, 2.24) is 10.2 Å². The van der Waals surface area contributed by atoms with Gasteiger partial charge in [-0.25, -0.2) is 0 Å². The minimum Gasteiger partial charge on any atom is -0.337 e. The fourth-order valence-corrected chi connectivity index (χ4v) is 5.82. The van der Waals surface area contributed by atoms with Crippen molar-refractivity contribution in [3.05, 3.63) is 0 Å². The number of piperazine rings is 1. The van der Waals surface area contributed by atoms with Crippen LogP contribution in [0.5, 0.6) is 0 Å². The van der Waals surface area contributed by atoms with Gasteiger partial charge in [-0.1, -0.05) is 0 Å². The van der Waals surface area contributed by atoms with Crippen LogP contribution < -0.4 is 5.32 Å². The minimum atomic E-state index is 0.0559. The fraction of sp³-hybridized carbons (Fsp3) is 0.938. The van der Waals surface area contributed by atoms with Crippen LogP contribution in [0, 0.1) is 23.2 Å². The van der Waals surface area contributed by atoms with E-state index in [-0.39, 0.29) is 5.41 Å². The Morgan fingerprint density at radius 3 is 2.21 bits per heavy atom. The van der Waals surface area contributed by atoms with Gasteiger partial charge >= 0.3 is 0 Å². The second kappa shape index (κ2) is 4.21. The Labute approximate surface area is 116 Å². The van der Waals surface area contributed by atoms with Crippen LogP contribution in [0.3, 0.4) is 0 Å². The van der Waals surface area contributed by atoms with E-state index in [1.165, 1.54) is 38.5 Å². The molecule has 4 bridgehead atoms. The van der Waals surface area contributed by atoms with Gasteiger partial charge in [0.1, 0.15) is 0 Å². The molecule has 1 N–H and O–H groups in total. The van der Waals surface area contributed by atoms with Crippen molar-refractivity contribution in [1.29, 1.82) is 0 Å². The molecule has 3 nitrogen and oxygen atoms in total. The van der Waals surface area contributed by atoms with Crippen molar-refractivity contribution < 1.29 is 4.79 Å². The number of hydrogen-bond donors (Lipinski definition) is 1. The van der Waals surface area contributed by atoms with Gasteiger partial charge in [0.2, 0.25) is 5.91 Å². The first kappa shape index (κ1) is 12.2. The molecule has 1 heterocycles. The van der Waals surface area contributed by atoms with Gasteiger partial charge in [-0.2, -0.15) is 0 Å². The molecule has 106 valence electrons. The Kier molecular flexibility index (Phi) is 2.70. The van der Waals surface area contributed by atoms with Gasteiger partial charge in [0.25, 0.3) is 0 Å². The van der Waals surface area contributed by atoms with Gasteiger partial charge in [-0.3, -0.25) is 4.79 Å². The quantitative estimate of drug-likeness (QED) is 0.784. The molecule has 0 aromatic carbocycles. The Bertz CT molecular complexity index is 357. The summed E-state index contributed by atoms with van der Waals surface area (Å²) in [5, 5.41) is 3.40. The molecule has 3 heteroatoms. The van der Waals surface area contributed by atoms with Crippen LogP contribution in [0.2, 0.25) is 0 Å². The van der Waals surface area contributed by atoms with Gasteiger partial charge in [0.05, 0.1) is 5.41 Å². The summed E-state index contributed by atoms with van der Waals surface area (Å²) in [5.74, 6) is 3.12. The van der Waals surface area contributed by atoms with Crippen LogP contribution >= 0.6 is 0 Å². The summed E-state index contributed by atoms with van der Waals surface area (Å²) in [7, 11) is 0.